The van der Waals surface area contributed by atoms with Crippen LogP contribution in [0, 0.1) is 5.92 Å². The van der Waals surface area contributed by atoms with Crippen LogP contribution in [0.4, 0.5) is 0 Å². The Morgan fingerprint density at radius 3 is 2.56 bits per heavy atom. The minimum absolute atomic E-state index is 0.357. The van der Waals surface area contributed by atoms with E-state index in [-0.39, 0.29) is 6.10 Å². The van der Waals surface area contributed by atoms with Crippen molar-refractivity contribution in [2.24, 2.45) is 5.92 Å². The number of benzene rings is 2. The van der Waals surface area contributed by atoms with Crippen molar-refractivity contribution in [3.05, 3.63) is 65.2 Å². The first kappa shape index (κ1) is 19.9. The predicted octanol–water partition coefficient (Wildman–Crippen LogP) is 3.23. The fraction of sp³-hybridized carbons (Fsp3) is 0.478. The number of aliphatic hydroxyl groups excluding tert-OH is 1. The molecular weight excluding hydrogens is 336 g/mol. The van der Waals surface area contributed by atoms with E-state index in [1.54, 1.807) is 0 Å². The average Bonchev–Trinajstić information content (AvgIpc) is 2.67. The van der Waals surface area contributed by atoms with Crippen molar-refractivity contribution in [3.63, 3.8) is 0 Å². The van der Waals surface area contributed by atoms with Gasteiger partial charge in [-0.1, -0.05) is 50.2 Å². The molecule has 2 aromatic carbocycles. The summed E-state index contributed by atoms with van der Waals surface area (Å²) in [5.41, 5.74) is 4.04. The van der Waals surface area contributed by atoms with Gasteiger partial charge < -0.3 is 15.2 Å². The highest BCUT2D eigenvalue weighted by atomic mass is 16.5. The van der Waals surface area contributed by atoms with Crippen LogP contribution in [0.1, 0.15) is 30.5 Å². The third-order valence-electron chi connectivity index (χ3n) is 4.89. The Hall–Kier alpha value is -1.88. The molecule has 1 aliphatic rings. The molecule has 0 amide bonds. The molecule has 1 heterocycles. The monoisotopic (exact) mass is 368 g/mol. The van der Waals surface area contributed by atoms with E-state index in [0.717, 1.165) is 38.4 Å². The zero-order chi connectivity index (χ0) is 19.1. The van der Waals surface area contributed by atoms with Crippen LogP contribution in [0.5, 0.6) is 5.75 Å². The fourth-order valence-electron chi connectivity index (χ4n) is 3.42. The van der Waals surface area contributed by atoms with E-state index >= 15 is 0 Å². The number of nitrogens with one attached hydrogen (secondary N) is 1. The topological polar surface area (TPSA) is 44.7 Å². The minimum Gasteiger partial charge on any atom is -0.493 e. The summed E-state index contributed by atoms with van der Waals surface area (Å²) < 4.78 is 5.71. The molecule has 0 saturated heterocycles. The van der Waals surface area contributed by atoms with Crippen LogP contribution in [0.15, 0.2) is 48.5 Å². The summed E-state index contributed by atoms with van der Waals surface area (Å²) in [6.45, 7) is 9.05. The molecule has 1 unspecified atom stereocenters. The Morgan fingerprint density at radius 2 is 1.81 bits per heavy atom. The maximum absolute atomic E-state index is 10.4. The SMILES string of the molecule is CC(C)COc1ccc(CNCC(O)CN2CCc3ccccc3C2)cc1. The van der Waals surface area contributed by atoms with Crippen molar-refractivity contribution in [1.29, 1.82) is 0 Å². The lowest BCUT2D eigenvalue weighted by molar-refractivity contribution is 0.104. The van der Waals surface area contributed by atoms with E-state index in [9.17, 15) is 5.11 Å². The summed E-state index contributed by atoms with van der Waals surface area (Å²) in [6, 6.07) is 16.8. The normalized spacial score (nSPS) is 15.6. The third kappa shape index (κ3) is 6.35. The Morgan fingerprint density at radius 1 is 1.07 bits per heavy atom. The molecule has 0 spiro atoms. The van der Waals surface area contributed by atoms with Gasteiger partial charge in [0.2, 0.25) is 0 Å². The molecule has 0 aliphatic carbocycles. The second-order valence-corrected chi connectivity index (χ2v) is 7.89. The number of rotatable bonds is 9. The number of β-amino-alcohol motifs (C(OH)–C–C–N with tert-alkyl or cyclic N) is 1. The summed E-state index contributed by atoms with van der Waals surface area (Å²) >= 11 is 0. The molecule has 2 N–H and O–H groups in total. The standard InChI is InChI=1S/C23H32N2O2/c1-18(2)17-27-23-9-7-19(8-10-23)13-24-14-22(26)16-25-12-11-20-5-3-4-6-21(20)15-25/h3-10,18,22,24,26H,11-17H2,1-2H3. The van der Waals surface area contributed by atoms with Gasteiger partial charge in [-0.05, 0) is 41.2 Å². The van der Waals surface area contributed by atoms with Crippen LogP contribution in [0.25, 0.3) is 0 Å². The Kier molecular flexibility index (Phi) is 7.27. The van der Waals surface area contributed by atoms with Gasteiger partial charge >= 0.3 is 0 Å². The quantitative estimate of drug-likeness (QED) is 0.713. The van der Waals surface area contributed by atoms with Gasteiger partial charge in [-0.3, -0.25) is 4.90 Å². The smallest absolute Gasteiger partial charge is 0.119 e. The summed E-state index contributed by atoms with van der Waals surface area (Å²) in [6.07, 6.45) is 0.713. The first-order valence-corrected chi connectivity index (χ1v) is 10.00. The number of hydrogen-bond donors (Lipinski definition) is 2. The number of ether oxygens (including phenoxy) is 1. The van der Waals surface area contributed by atoms with Gasteiger partial charge in [0.25, 0.3) is 0 Å². The lowest BCUT2D eigenvalue weighted by atomic mass is 10.00. The van der Waals surface area contributed by atoms with E-state index in [2.05, 4.69) is 60.5 Å². The van der Waals surface area contributed by atoms with Gasteiger partial charge in [-0.2, -0.15) is 0 Å². The largest absolute Gasteiger partial charge is 0.493 e. The highest BCUT2D eigenvalue weighted by Gasteiger charge is 2.18. The molecule has 3 rings (SSSR count). The second-order valence-electron chi connectivity index (χ2n) is 7.89. The average molecular weight is 369 g/mol. The van der Waals surface area contributed by atoms with Crippen LogP contribution in [0.3, 0.4) is 0 Å². The van der Waals surface area contributed by atoms with Crippen LogP contribution in [0.2, 0.25) is 0 Å². The molecule has 0 bridgehead atoms. The Bertz CT molecular complexity index is 700. The van der Waals surface area contributed by atoms with Crippen LogP contribution < -0.4 is 10.1 Å². The molecule has 27 heavy (non-hydrogen) atoms. The van der Waals surface area contributed by atoms with Crippen molar-refractivity contribution in [1.82, 2.24) is 10.2 Å². The molecule has 1 atom stereocenters. The van der Waals surface area contributed by atoms with Crippen LogP contribution >= 0.6 is 0 Å². The molecule has 0 aromatic heterocycles. The van der Waals surface area contributed by atoms with Crippen molar-refractivity contribution in [2.45, 2.75) is 39.5 Å². The summed E-state index contributed by atoms with van der Waals surface area (Å²) in [5, 5.41) is 13.7. The number of aliphatic hydroxyl groups is 1. The number of fused-ring (bicyclic) bond motifs is 1. The van der Waals surface area contributed by atoms with Gasteiger partial charge in [0.15, 0.2) is 0 Å². The van der Waals surface area contributed by atoms with Crippen molar-refractivity contribution in [3.8, 4) is 5.75 Å². The summed E-state index contributed by atoms with van der Waals surface area (Å²) in [5.74, 6) is 1.44. The van der Waals surface area contributed by atoms with Gasteiger partial charge in [-0.25, -0.2) is 0 Å². The Balaban J connectivity index is 1.37. The minimum atomic E-state index is -0.357. The zero-order valence-corrected chi connectivity index (χ0v) is 16.5. The van der Waals surface area contributed by atoms with Gasteiger partial charge in [0, 0.05) is 32.7 Å². The second kappa shape index (κ2) is 9.88. The third-order valence-corrected chi connectivity index (χ3v) is 4.89. The van der Waals surface area contributed by atoms with E-state index in [1.807, 2.05) is 12.1 Å². The lowest BCUT2D eigenvalue weighted by Gasteiger charge is -2.30. The molecular formula is C23H32N2O2. The predicted molar refractivity (Wildman–Crippen MR) is 110 cm³/mol. The molecule has 0 saturated carbocycles. The lowest BCUT2D eigenvalue weighted by Crippen LogP contribution is -2.40. The first-order chi connectivity index (χ1) is 13.1. The van der Waals surface area contributed by atoms with Gasteiger partial charge in [0.1, 0.15) is 5.75 Å². The van der Waals surface area contributed by atoms with Crippen LogP contribution in [-0.2, 0) is 19.5 Å². The summed E-state index contributed by atoms with van der Waals surface area (Å²) in [7, 11) is 0. The summed E-state index contributed by atoms with van der Waals surface area (Å²) in [4.78, 5) is 2.34. The molecule has 2 aromatic rings. The Labute approximate surface area is 163 Å². The molecule has 4 nitrogen and oxygen atoms in total. The van der Waals surface area contributed by atoms with Crippen molar-refractivity contribution < 1.29 is 9.84 Å². The van der Waals surface area contributed by atoms with Crippen molar-refractivity contribution >= 4 is 0 Å². The molecule has 0 fully saturated rings. The fourth-order valence-corrected chi connectivity index (χ4v) is 3.42. The first-order valence-electron chi connectivity index (χ1n) is 10.00. The maximum atomic E-state index is 10.4. The van der Waals surface area contributed by atoms with E-state index < -0.39 is 0 Å². The van der Waals surface area contributed by atoms with Crippen LogP contribution in [-0.4, -0.2) is 42.4 Å². The highest BCUT2D eigenvalue weighted by molar-refractivity contribution is 5.29. The van der Waals surface area contributed by atoms with E-state index in [1.165, 1.54) is 16.7 Å². The molecule has 4 heteroatoms. The highest BCUT2D eigenvalue weighted by Crippen LogP contribution is 2.18. The number of hydrogen-bond acceptors (Lipinski definition) is 4. The molecule has 146 valence electrons. The number of nitrogens with zero attached hydrogens (tertiary/aromatic N) is 1. The van der Waals surface area contributed by atoms with Gasteiger partial charge in [0.05, 0.1) is 12.7 Å². The van der Waals surface area contributed by atoms with Gasteiger partial charge in [-0.15, -0.1) is 0 Å². The maximum Gasteiger partial charge on any atom is 0.119 e. The molecule has 1 aliphatic heterocycles. The zero-order valence-electron chi connectivity index (χ0n) is 16.5. The van der Waals surface area contributed by atoms with E-state index in [4.69, 9.17) is 4.74 Å². The van der Waals surface area contributed by atoms with E-state index in [0.29, 0.717) is 19.0 Å². The van der Waals surface area contributed by atoms with Crippen molar-refractivity contribution in [2.75, 3.05) is 26.2 Å². The molecule has 0 radical (unpaired) electrons.